The lowest BCUT2D eigenvalue weighted by molar-refractivity contribution is 0.282. The average Bonchev–Trinajstić information content (AvgIpc) is 2.85. The van der Waals surface area contributed by atoms with Crippen LogP contribution < -0.4 is 0 Å². The summed E-state index contributed by atoms with van der Waals surface area (Å²) >= 11 is 5.49. The van der Waals surface area contributed by atoms with Gasteiger partial charge in [0.15, 0.2) is 0 Å². The maximum absolute atomic E-state index is 9.33. The van der Waals surface area contributed by atoms with E-state index in [0.717, 1.165) is 22.2 Å². The Hall–Kier alpha value is -1.03. The molecule has 20 heavy (non-hydrogen) atoms. The molecule has 0 radical (unpaired) electrons. The van der Waals surface area contributed by atoms with Crippen molar-refractivity contribution < 1.29 is 5.11 Å². The second-order valence-corrected chi connectivity index (χ2v) is 7.15. The van der Waals surface area contributed by atoms with Gasteiger partial charge in [-0.05, 0) is 64.1 Å². The Kier molecular flexibility index (Phi) is 3.02. The minimum absolute atomic E-state index is 0.116. The molecule has 2 aliphatic rings. The topological polar surface area (TPSA) is 20.2 Å². The number of fused-ring (bicyclic) bond motifs is 4. The highest BCUT2D eigenvalue weighted by atomic mass is 79.9. The van der Waals surface area contributed by atoms with Crippen LogP contribution in [0.3, 0.4) is 0 Å². The number of benzene rings is 2. The van der Waals surface area contributed by atoms with E-state index in [0.29, 0.717) is 0 Å². The molecule has 0 fully saturated rings. The fraction of sp³-hybridized carbons (Fsp3) is 0.176. The Morgan fingerprint density at radius 3 is 2.80 bits per heavy atom. The second-order valence-electron chi connectivity index (χ2n) is 5.21. The Balaban J connectivity index is 1.89. The van der Waals surface area contributed by atoms with Crippen molar-refractivity contribution in [1.29, 1.82) is 0 Å². The molecule has 1 aliphatic carbocycles. The van der Waals surface area contributed by atoms with E-state index in [9.17, 15) is 5.11 Å². The number of allylic oxidation sites excluding steroid dienone is 1. The number of thioether (sulfide) groups is 1. The van der Waals surface area contributed by atoms with Crippen LogP contribution in [0.5, 0.6) is 0 Å². The zero-order valence-corrected chi connectivity index (χ0v) is 13.2. The molecule has 2 aromatic carbocycles. The Bertz CT molecular complexity index is 749. The minimum Gasteiger partial charge on any atom is -0.392 e. The summed E-state index contributed by atoms with van der Waals surface area (Å²) in [6.07, 6.45) is 1.01. The third-order valence-electron chi connectivity index (χ3n) is 4.05. The van der Waals surface area contributed by atoms with Crippen molar-refractivity contribution in [3.8, 4) is 0 Å². The third kappa shape index (κ3) is 1.88. The molecule has 4 rings (SSSR count). The molecule has 1 heterocycles. The smallest absolute Gasteiger partial charge is 0.0682 e. The molecule has 1 N–H and O–H groups in total. The lowest BCUT2D eigenvalue weighted by Crippen LogP contribution is -1.98. The van der Waals surface area contributed by atoms with Gasteiger partial charge in [-0.2, -0.15) is 0 Å². The van der Waals surface area contributed by atoms with Gasteiger partial charge in [0.05, 0.1) is 6.61 Å². The lowest BCUT2D eigenvalue weighted by atomic mass is 10.0. The first-order chi connectivity index (χ1) is 9.76. The molecule has 1 aliphatic heterocycles. The number of aliphatic hydroxyl groups is 1. The predicted molar refractivity (Wildman–Crippen MR) is 87.7 cm³/mol. The third-order valence-corrected chi connectivity index (χ3v) is 5.65. The Morgan fingerprint density at radius 2 is 1.95 bits per heavy atom. The van der Waals surface area contributed by atoms with E-state index in [2.05, 4.69) is 46.3 Å². The summed E-state index contributed by atoms with van der Waals surface area (Å²) in [6.45, 7) is 0.116. The molecular weight excluding hydrogens is 332 g/mol. The largest absolute Gasteiger partial charge is 0.392 e. The van der Waals surface area contributed by atoms with Gasteiger partial charge in [-0.3, -0.25) is 0 Å². The summed E-state index contributed by atoms with van der Waals surface area (Å²) < 4.78 is 1.14. The molecular formula is C17H13BrOS. The summed E-state index contributed by atoms with van der Waals surface area (Å²) in [6, 6.07) is 12.9. The second kappa shape index (κ2) is 4.76. The monoisotopic (exact) mass is 344 g/mol. The standard InChI is InChI=1S/C17H13BrOS/c18-12-3-4-17-15(7-12)14-6-11-2-1-10(8-19)5-13(11)16(14)9-20-17/h1-5,7,19H,6,8-9H2. The maximum Gasteiger partial charge on any atom is 0.0682 e. The Morgan fingerprint density at radius 1 is 1.05 bits per heavy atom. The van der Waals surface area contributed by atoms with Gasteiger partial charge >= 0.3 is 0 Å². The SMILES string of the molecule is OCc1ccc2c(c1)C1=C(C2)c2cc(Br)ccc2SC1. The van der Waals surface area contributed by atoms with Gasteiger partial charge in [0.25, 0.3) is 0 Å². The van der Waals surface area contributed by atoms with E-state index >= 15 is 0 Å². The van der Waals surface area contributed by atoms with Crippen LogP contribution in [0.2, 0.25) is 0 Å². The van der Waals surface area contributed by atoms with Crippen LogP contribution in [0, 0.1) is 0 Å². The van der Waals surface area contributed by atoms with Gasteiger partial charge in [0.2, 0.25) is 0 Å². The molecule has 0 amide bonds. The van der Waals surface area contributed by atoms with Crippen molar-refractivity contribution in [2.24, 2.45) is 0 Å². The Labute approximate surface area is 130 Å². The van der Waals surface area contributed by atoms with Crippen LogP contribution in [-0.4, -0.2) is 10.9 Å². The molecule has 0 unspecified atom stereocenters. The van der Waals surface area contributed by atoms with Crippen molar-refractivity contribution in [2.75, 3.05) is 5.75 Å². The lowest BCUT2D eigenvalue weighted by Gasteiger charge is -2.19. The van der Waals surface area contributed by atoms with Gasteiger partial charge in [0, 0.05) is 15.1 Å². The van der Waals surface area contributed by atoms with Gasteiger partial charge in [0.1, 0.15) is 0 Å². The molecule has 0 atom stereocenters. The highest BCUT2D eigenvalue weighted by Gasteiger charge is 2.27. The van der Waals surface area contributed by atoms with Gasteiger partial charge in [-0.25, -0.2) is 0 Å². The maximum atomic E-state index is 9.33. The fourth-order valence-electron chi connectivity index (χ4n) is 3.05. The zero-order valence-electron chi connectivity index (χ0n) is 10.8. The van der Waals surface area contributed by atoms with Crippen molar-refractivity contribution in [1.82, 2.24) is 0 Å². The van der Waals surface area contributed by atoms with E-state index in [-0.39, 0.29) is 6.61 Å². The van der Waals surface area contributed by atoms with Crippen molar-refractivity contribution in [3.05, 3.63) is 63.1 Å². The molecule has 0 aromatic heterocycles. The van der Waals surface area contributed by atoms with Crippen LogP contribution >= 0.6 is 27.7 Å². The van der Waals surface area contributed by atoms with Crippen LogP contribution in [0.1, 0.15) is 22.3 Å². The molecule has 3 heteroatoms. The van der Waals surface area contributed by atoms with E-state index < -0.39 is 0 Å². The summed E-state index contributed by atoms with van der Waals surface area (Å²) in [5.74, 6) is 1.03. The first-order valence-corrected chi connectivity index (χ1v) is 8.42. The van der Waals surface area contributed by atoms with Gasteiger partial charge in [-0.15, -0.1) is 11.8 Å². The summed E-state index contributed by atoms with van der Waals surface area (Å²) in [7, 11) is 0. The number of rotatable bonds is 1. The van der Waals surface area contributed by atoms with E-state index in [4.69, 9.17) is 0 Å². The number of aliphatic hydroxyl groups excluding tert-OH is 1. The van der Waals surface area contributed by atoms with E-state index in [1.165, 1.54) is 32.7 Å². The van der Waals surface area contributed by atoms with Crippen molar-refractivity contribution >= 4 is 38.8 Å². The first kappa shape index (κ1) is 12.7. The van der Waals surface area contributed by atoms with Crippen molar-refractivity contribution in [2.45, 2.75) is 17.9 Å². The first-order valence-electron chi connectivity index (χ1n) is 6.64. The molecule has 0 spiro atoms. The fourth-order valence-corrected chi connectivity index (χ4v) is 4.55. The quantitative estimate of drug-likeness (QED) is 0.820. The van der Waals surface area contributed by atoms with Gasteiger partial charge < -0.3 is 5.11 Å². The van der Waals surface area contributed by atoms with Crippen LogP contribution in [0.25, 0.3) is 11.1 Å². The number of halogens is 1. The molecule has 100 valence electrons. The minimum atomic E-state index is 0.116. The molecule has 0 bridgehead atoms. The van der Waals surface area contributed by atoms with E-state index in [1.54, 1.807) is 0 Å². The summed E-state index contributed by atoms with van der Waals surface area (Å²) in [5.41, 5.74) is 8.01. The van der Waals surface area contributed by atoms with Crippen LogP contribution in [0.15, 0.2) is 45.8 Å². The van der Waals surface area contributed by atoms with Crippen LogP contribution in [-0.2, 0) is 13.0 Å². The normalized spacial score (nSPS) is 15.9. The molecule has 0 saturated carbocycles. The average molecular weight is 345 g/mol. The van der Waals surface area contributed by atoms with Gasteiger partial charge in [-0.1, -0.05) is 28.1 Å². The highest BCUT2D eigenvalue weighted by Crippen LogP contribution is 2.48. The number of hydrogen-bond donors (Lipinski definition) is 1. The zero-order chi connectivity index (χ0) is 13.7. The molecule has 0 saturated heterocycles. The highest BCUT2D eigenvalue weighted by molar-refractivity contribution is 9.10. The summed E-state index contributed by atoms with van der Waals surface area (Å²) in [4.78, 5) is 1.38. The number of hydrogen-bond acceptors (Lipinski definition) is 2. The molecule has 1 nitrogen and oxygen atoms in total. The van der Waals surface area contributed by atoms with Crippen LogP contribution in [0.4, 0.5) is 0 Å². The summed E-state index contributed by atoms with van der Waals surface area (Å²) in [5, 5.41) is 9.33. The van der Waals surface area contributed by atoms with E-state index in [1.807, 2.05) is 17.8 Å². The van der Waals surface area contributed by atoms with Crippen molar-refractivity contribution in [3.63, 3.8) is 0 Å². The predicted octanol–water partition coefficient (Wildman–Crippen LogP) is 4.51. The molecule has 2 aromatic rings.